The van der Waals surface area contributed by atoms with E-state index in [0.29, 0.717) is 11.5 Å². The van der Waals surface area contributed by atoms with Gasteiger partial charge in [0.25, 0.3) is 21.8 Å². The second-order valence-electron chi connectivity index (χ2n) is 6.59. The SMILES string of the molecule is COc1ccc(C(=O)NNC(=O)c2ccc(S(=O)(=O)Nc3ccccc3Cl)cc2)cc1OC. The fourth-order valence-electron chi connectivity index (χ4n) is 2.77. The van der Waals surface area contributed by atoms with Crippen molar-refractivity contribution in [2.75, 3.05) is 18.9 Å². The van der Waals surface area contributed by atoms with Crippen LogP contribution >= 0.6 is 11.6 Å². The quantitative estimate of drug-likeness (QED) is 0.438. The molecule has 2 amide bonds. The predicted octanol–water partition coefficient (Wildman–Crippen LogP) is 3.23. The van der Waals surface area contributed by atoms with Crippen molar-refractivity contribution >= 4 is 39.1 Å². The van der Waals surface area contributed by atoms with Crippen LogP contribution < -0.4 is 25.0 Å². The number of anilines is 1. The van der Waals surface area contributed by atoms with Gasteiger partial charge in [-0.05, 0) is 54.6 Å². The average molecular weight is 490 g/mol. The number of para-hydroxylation sites is 1. The van der Waals surface area contributed by atoms with E-state index in [1.165, 1.54) is 56.7 Å². The summed E-state index contributed by atoms with van der Waals surface area (Å²) < 4.78 is 37.8. The largest absolute Gasteiger partial charge is 0.493 e. The van der Waals surface area contributed by atoms with Crippen LogP contribution in [0.4, 0.5) is 5.69 Å². The molecule has 0 fully saturated rings. The Kier molecular flexibility index (Phi) is 7.41. The van der Waals surface area contributed by atoms with Gasteiger partial charge in [-0.1, -0.05) is 23.7 Å². The van der Waals surface area contributed by atoms with Crippen LogP contribution in [0.2, 0.25) is 5.02 Å². The molecule has 3 aromatic rings. The molecule has 0 atom stereocenters. The van der Waals surface area contributed by atoms with E-state index in [2.05, 4.69) is 15.6 Å². The molecule has 0 heterocycles. The number of methoxy groups -OCH3 is 2. The summed E-state index contributed by atoms with van der Waals surface area (Å²) in [5.74, 6) is -0.393. The Balaban J connectivity index is 1.64. The molecule has 0 aliphatic heterocycles. The van der Waals surface area contributed by atoms with E-state index in [1.807, 2.05) is 0 Å². The zero-order valence-electron chi connectivity index (χ0n) is 17.6. The molecule has 0 unspecified atom stereocenters. The summed E-state index contributed by atoms with van der Waals surface area (Å²) >= 11 is 5.99. The zero-order chi connectivity index (χ0) is 24.0. The molecule has 11 heteroatoms. The van der Waals surface area contributed by atoms with Gasteiger partial charge in [-0.15, -0.1) is 0 Å². The minimum Gasteiger partial charge on any atom is -0.493 e. The van der Waals surface area contributed by atoms with Crippen molar-refractivity contribution in [3.8, 4) is 11.5 Å². The maximum Gasteiger partial charge on any atom is 0.269 e. The minimum atomic E-state index is -3.91. The van der Waals surface area contributed by atoms with Gasteiger partial charge in [0.15, 0.2) is 11.5 Å². The Morgan fingerprint density at radius 2 is 1.36 bits per heavy atom. The monoisotopic (exact) mass is 489 g/mol. The summed E-state index contributed by atoms with van der Waals surface area (Å²) in [5, 5.41) is 0.252. The number of amides is 2. The third kappa shape index (κ3) is 5.73. The van der Waals surface area contributed by atoms with E-state index in [0.717, 1.165) is 0 Å². The van der Waals surface area contributed by atoms with Crippen molar-refractivity contribution in [3.05, 3.63) is 82.9 Å². The first-order chi connectivity index (χ1) is 15.7. The van der Waals surface area contributed by atoms with E-state index in [-0.39, 0.29) is 26.7 Å². The molecule has 0 radical (unpaired) electrons. The maximum absolute atomic E-state index is 12.6. The summed E-state index contributed by atoms with van der Waals surface area (Å²) in [6.45, 7) is 0. The molecule has 0 saturated carbocycles. The second kappa shape index (κ2) is 10.2. The van der Waals surface area contributed by atoms with Gasteiger partial charge in [0, 0.05) is 11.1 Å². The number of benzene rings is 3. The first-order valence-electron chi connectivity index (χ1n) is 9.45. The molecular weight excluding hydrogens is 470 g/mol. The summed E-state index contributed by atoms with van der Waals surface area (Å²) in [7, 11) is -0.997. The van der Waals surface area contributed by atoms with Crippen LogP contribution in [0.1, 0.15) is 20.7 Å². The fourth-order valence-corrected chi connectivity index (χ4v) is 4.09. The third-order valence-electron chi connectivity index (χ3n) is 4.48. The Bertz CT molecular complexity index is 1280. The lowest BCUT2D eigenvalue weighted by molar-refractivity contribution is 0.0846. The number of hydrogen-bond donors (Lipinski definition) is 3. The minimum absolute atomic E-state index is 0.0617. The van der Waals surface area contributed by atoms with Crippen LogP contribution in [0.25, 0.3) is 0 Å². The van der Waals surface area contributed by atoms with Gasteiger partial charge in [-0.2, -0.15) is 0 Å². The molecule has 0 bridgehead atoms. The highest BCUT2D eigenvalue weighted by Crippen LogP contribution is 2.27. The molecule has 172 valence electrons. The molecule has 0 aromatic heterocycles. The number of carbonyl (C=O) groups excluding carboxylic acids is 2. The van der Waals surface area contributed by atoms with E-state index in [9.17, 15) is 18.0 Å². The lowest BCUT2D eigenvalue weighted by Crippen LogP contribution is -2.41. The van der Waals surface area contributed by atoms with E-state index < -0.39 is 21.8 Å². The highest BCUT2D eigenvalue weighted by molar-refractivity contribution is 7.92. The first kappa shape index (κ1) is 23.9. The highest BCUT2D eigenvalue weighted by Gasteiger charge is 2.17. The molecule has 33 heavy (non-hydrogen) atoms. The van der Waals surface area contributed by atoms with Crippen LogP contribution in [0.3, 0.4) is 0 Å². The van der Waals surface area contributed by atoms with Gasteiger partial charge in [0.2, 0.25) is 0 Å². The van der Waals surface area contributed by atoms with Crippen LogP contribution in [-0.2, 0) is 10.0 Å². The molecule has 9 nitrogen and oxygen atoms in total. The Morgan fingerprint density at radius 3 is 1.97 bits per heavy atom. The van der Waals surface area contributed by atoms with E-state index >= 15 is 0 Å². The van der Waals surface area contributed by atoms with Crippen LogP contribution in [0, 0.1) is 0 Å². The van der Waals surface area contributed by atoms with Crippen LogP contribution in [-0.4, -0.2) is 34.5 Å². The first-order valence-corrected chi connectivity index (χ1v) is 11.3. The number of hydrazine groups is 1. The van der Waals surface area contributed by atoms with Crippen molar-refractivity contribution < 1.29 is 27.5 Å². The zero-order valence-corrected chi connectivity index (χ0v) is 19.2. The molecule has 3 aromatic carbocycles. The summed E-state index contributed by atoms with van der Waals surface area (Å²) in [4.78, 5) is 24.6. The molecule has 3 rings (SSSR count). The lowest BCUT2D eigenvalue weighted by atomic mass is 10.2. The van der Waals surface area contributed by atoms with Gasteiger partial charge in [0.05, 0.1) is 29.8 Å². The standard InChI is InChI=1S/C22H20ClN3O6S/c1-31-19-12-9-15(13-20(19)32-2)22(28)25-24-21(27)14-7-10-16(11-8-14)33(29,30)26-18-6-4-3-5-17(18)23/h3-13,26H,1-2H3,(H,24,27)(H,25,28). The molecule has 0 aliphatic rings. The Labute approximate surface area is 195 Å². The number of rotatable bonds is 7. The van der Waals surface area contributed by atoms with Crippen LogP contribution in [0.5, 0.6) is 11.5 Å². The van der Waals surface area contributed by atoms with E-state index in [4.69, 9.17) is 21.1 Å². The lowest BCUT2D eigenvalue weighted by Gasteiger charge is -2.11. The van der Waals surface area contributed by atoms with Crippen molar-refractivity contribution in [2.45, 2.75) is 4.90 Å². The van der Waals surface area contributed by atoms with Crippen molar-refractivity contribution in [2.24, 2.45) is 0 Å². The number of ether oxygens (including phenoxy) is 2. The Morgan fingerprint density at radius 1 is 0.788 bits per heavy atom. The van der Waals surface area contributed by atoms with Crippen LogP contribution in [0.15, 0.2) is 71.6 Å². The van der Waals surface area contributed by atoms with Gasteiger partial charge in [-0.25, -0.2) is 8.42 Å². The fraction of sp³-hybridized carbons (Fsp3) is 0.0909. The number of hydrogen-bond acceptors (Lipinski definition) is 6. The number of halogens is 1. The smallest absolute Gasteiger partial charge is 0.269 e. The summed E-state index contributed by atoms with van der Waals surface area (Å²) in [6.07, 6.45) is 0. The molecule has 0 spiro atoms. The normalized spacial score (nSPS) is 10.8. The number of sulfonamides is 1. The summed E-state index contributed by atoms with van der Waals surface area (Å²) in [6, 6.07) is 16.1. The summed E-state index contributed by atoms with van der Waals surface area (Å²) in [5.41, 5.74) is 5.17. The Hall–Kier alpha value is -3.76. The average Bonchev–Trinajstić information content (AvgIpc) is 2.83. The topological polar surface area (TPSA) is 123 Å². The third-order valence-corrected chi connectivity index (χ3v) is 6.19. The van der Waals surface area contributed by atoms with Crippen molar-refractivity contribution in [3.63, 3.8) is 0 Å². The van der Waals surface area contributed by atoms with Gasteiger partial charge < -0.3 is 9.47 Å². The van der Waals surface area contributed by atoms with Gasteiger partial charge in [0.1, 0.15) is 0 Å². The second-order valence-corrected chi connectivity index (χ2v) is 8.68. The molecule has 3 N–H and O–H groups in total. The highest BCUT2D eigenvalue weighted by atomic mass is 35.5. The van der Waals surface area contributed by atoms with Gasteiger partial charge >= 0.3 is 0 Å². The number of carbonyl (C=O) groups is 2. The van der Waals surface area contributed by atoms with E-state index in [1.54, 1.807) is 24.3 Å². The number of nitrogens with one attached hydrogen (secondary N) is 3. The van der Waals surface area contributed by atoms with Crippen molar-refractivity contribution in [1.82, 2.24) is 10.9 Å². The van der Waals surface area contributed by atoms with Gasteiger partial charge in [-0.3, -0.25) is 25.2 Å². The predicted molar refractivity (Wildman–Crippen MR) is 123 cm³/mol. The molecule has 0 aliphatic carbocycles. The van der Waals surface area contributed by atoms with Crippen molar-refractivity contribution in [1.29, 1.82) is 0 Å². The maximum atomic E-state index is 12.6. The molecular formula is C22H20ClN3O6S. The molecule has 0 saturated heterocycles.